The first kappa shape index (κ1) is 30.0. The number of aliphatic carboxylic acids is 1. The van der Waals surface area contributed by atoms with Crippen LogP contribution in [0.25, 0.3) is 0 Å². The smallest absolute Gasteiger partial charge is 0.481 e. The molecule has 0 radical (unpaired) electrons. The van der Waals surface area contributed by atoms with Gasteiger partial charge >= 0.3 is 21.6 Å². The Labute approximate surface area is 237 Å². The average molecular weight is 587 g/mol. The third-order valence-electron chi connectivity index (χ3n) is 13.5. The predicted molar refractivity (Wildman–Crippen MR) is 146 cm³/mol. The van der Waals surface area contributed by atoms with Crippen molar-refractivity contribution in [2.45, 2.75) is 105 Å². The van der Waals surface area contributed by atoms with Crippen molar-refractivity contribution in [3.05, 3.63) is 24.0 Å². The van der Waals surface area contributed by atoms with Gasteiger partial charge in [-0.25, -0.2) is 0 Å². The Bertz CT molecular complexity index is 1250. The van der Waals surface area contributed by atoms with Gasteiger partial charge in [0.25, 0.3) is 0 Å². The minimum atomic E-state index is -5.74. The maximum absolute atomic E-state index is 13.2. The van der Waals surface area contributed by atoms with E-state index in [0.29, 0.717) is 19.3 Å². The van der Waals surface area contributed by atoms with Crippen LogP contribution < -0.4 is 0 Å². The number of hydrogen-bond acceptors (Lipinski definition) is 4. The second kappa shape index (κ2) is 8.76. The van der Waals surface area contributed by atoms with Crippen LogP contribution in [0.3, 0.4) is 0 Å². The van der Waals surface area contributed by atoms with E-state index < -0.39 is 32.4 Å². The lowest BCUT2D eigenvalue weighted by atomic mass is 9.32. The van der Waals surface area contributed by atoms with E-state index in [1.807, 2.05) is 20.8 Å². The summed E-state index contributed by atoms with van der Waals surface area (Å²) in [6.07, 6.45) is 8.66. The summed E-state index contributed by atoms with van der Waals surface area (Å²) in [5.74, 6) is 0.0170. The Morgan fingerprint density at radius 3 is 2.20 bits per heavy atom. The molecular formula is C31H45F3O5S. The molecule has 9 unspecified atom stereocenters. The molecule has 226 valence electrons. The van der Waals surface area contributed by atoms with Crippen LogP contribution in [0.5, 0.6) is 0 Å². The Balaban J connectivity index is 1.52. The van der Waals surface area contributed by atoms with Gasteiger partial charge in [-0.05, 0) is 117 Å². The first-order valence-corrected chi connectivity index (χ1v) is 16.2. The monoisotopic (exact) mass is 586 g/mol. The summed E-state index contributed by atoms with van der Waals surface area (Å²) >= 11 is 0. The van der Waals surface area contributed by atoms with Crippen molar-refractivity contribution in [1.82, 2.24) is 0 Å². The fourth-order valence-corrected chi connectivity index (χ4v) is 12.0. The predicted octanol–water partition coefficient (Wildman–Crippen LogP) is 8.09. The van der Waals surface area contributed by atoms with Gasteiger partial charge in [-0.15, -0.1) is 0 Å². The van der Waals surface area contributed by atoms with E-state index in [-0.39, 0.29) is 51.6 Å². The first-order valence-electron chi connectivity index (χ1n) is 14.8. The van der Waals surface area contributed by atoms with Crippen molar-refractivity contribution in [2.75, 3.05) is 0 Å². The summed E-state index contributed by atoms with van der Waals surface area (Å²) in [4.78, 5) is 12.8. The van der Waals surface area contributed by atoms with E-state index in [1.54, 1.807) is 6.08 Å². The molecular weight excluding hydrogens is 541 g/mol. The standard InChI is InChI=1S/C31H45F3O5S/c1-18(2)19-10-15-30(25(35)36)17-16-28(6)20(24(19)30)8-9-22-27(5)13-12-23(39-40(37,38)31(32,33)34)26(3,4)21(27)11-14-29(22,28)7/h12,19-22,24H,1,8-11,13-17H2,2-7H3,(H,35,36). The van der Waals surface area contributed by atoms with Gasteiger partial charge in [-0.2, -0.15) is 21.6 Å². The van der Waals surface area contributed by atoms with Crippen LogP contribution in [0, 0.1) is 56.7 Å². The van der Waals surface area contributed by atoms with Gasteiger partial charge in [-0.1, -0.05) is 46.8 Å². The van der Waals surface area contributed by atoms with Crippen LogP contribution in [0.4, 0.5) is 13.2 Å². The highest BCUT2D eigenvalue weighted by Gasteiger charge is 2.72. The highest BCUT2D eigenvalue weighted by Crippen LogP contribution is 2.77. The van der Waals surface area contributed by atoms with Crippen molar-refractivity contribution < 1.29 is 35.7 Å². The van der Waals surface area contributed by atoms with Gasteiger partial charge in [-0.3, -0.25) is 4.79 Å². The summed E-state index contributed by atoms with van der Waals surface area (Å²) in [7, 11) is -5.74. The number of allylic oxidation sites excluding steroid dienone is 3. The lowest BCUT2D eigenvalue weighted by Gasteiger charge is -2.72. The van der Waals surface area contributed by atoms with Crippen molar-refractivity contribution in [3.8, 4) is 0 Å². The lowest BCUT2D eigenvalue weighted by Crippen LogP contribution is -2.66. The highest BCUT2D eigenvalue weighted by molar-refractivity contribution is 7.87. The van der Waals surface area contributed by atoms with Crippen molar-refractivity contribution in [2.24, 2.45) is 56.7 Å². The number of alkyl halides is 3. The third-order valence-corrected chi connectivity index (χ3v) is 14.4. The number of halogens is 3. The van der Waals surface area contributed by atoms with E-state index in [1.165, 1.54) is 0 Å². The molecule has 1 N–H and O–H groups in total. The van der Waals surface area contributed by atoms with Crippen molar-refractivity contribution in [3.63, 3.8) is 0 Å². The van der Waals surface area contributed by atoms with E-state index in [9.17, 15) is 31.5 Å². The van der Waals surface area contributed by atoms with Crippen LogP contribution in [-0.4, -0.2) is 25.0 Å². The second-order valence-corrected chi connectivity index (χ2v) is 16.7. The lowest BCUT2D eigenvalue weighted by molar-refractivity contribution is -0.230. The Kier molecular flexibility index (Phi) is 6.56. The molecule has 9 atom stereocenters. The van der Waals surface area contributed by atoms with Crippen LogP contribution in [0.1, 0.15) is 99.3 Å². The molecule has 0 aliphatic heterocycles. The van der Waals surface area contributed by atoms with Gasteiger partial charge in [0.05, 0.1) is 5.41 Å². The molecule has 0 heterocycles. The van der Waals surface area contributed by atoms with E-state index in [0.717, 1.165) is 44.1 Å². The second-order valence-electron chi connectivity index (χ2n) is 15.1. The van der Waals surface area contributed by atoms with Crippen LogP contribution in [0.2, 0.25) is 0 Å². The Hall–Kier alpha value is -1.51. The number of carbonyl (C=O) groups is 1. The molecule has 4 fully saturated rings. The largest absolute Gasteiger partial charge is 0.534 e. The fourth-order valence-electron chi connectivity index (χ4n) is 11.4. The molecule has 4 saturated carbocycles. The highest BCUT2D eigenvalue weighted by atomic mass is 32.2. The minimum Gasteiger partial charge on any atom is -0.481 e. The summed E-state index contributed by atoms with van der Waals surface area (Å²) in [5, 5.41) is 10.5. The molecule has 5 rings (SSSR count). The van der Waals surface area contributed by atoms with Crippen molar-refractivity contribution >= 4 is 16.1 Å². The summed E-state index contributed by atoms with van der Waals surface area (Å²) in [6.45, 7) is 17.0. The number of hydrogen-bond donors (Lipinski definition) is 1. The van der Waals surface area contributed by atoms with Crippen LogP contribution >= 0.6 is 0 Å². The summed E-state index contributed by atoms with van der Waals surface area (Å²) in [5.41, 5.74) is -6.36. The molecule has 5 nitrogen and oxygen atoms in total. The Morgan fingerprint density at radius 1 is 0.975 bits per heavy atom. The first-order chi connectivity index (χ1) is 18.2. The molecule has 0 aromatic heterocycles. The SMILES string of the molecule is C=C(C)C1CCC2(C(=O)O)CCC3(C)C(CCC4C5(C)CC=C(OS(=O)(=O)C(F)(F)F)C(C)(C)C5CCC43C)C12. The van der Waals surface area contributed by atoms with Crippen molar-refractivity contribution in [1.29, 1.82) is 0 Å². The van der Waals surface area contributed by atoms with Gasteiger partial charge in [0.15, 0.2) is 0 Å². The van der Waals surface area contributed by atoms with Gasteiger partial charge < -0.3 is 9.29 Å². The summed E-state index contributed by atoms with van der Waals surface area (Å²) < 4.78 is 68.2. The Morgan fingerprint density at radius 2 is 1.62 bits per heavy atom. The molecule has 0 bridgehead atoms. The maximum atomic E-state index is 13.2. The van der Waals surface area contributed by atoms with E-state index >= 15 is 0 Å². The van der Waals surface area contributed by atoms with Crippen LogP contribution in [-0.2, 0) is 19.1 Å². The zero-order valence-corrected chi connectivity index (χ0v) is 25.5. The molecule has 0 saturated heterocycles. The third kappa shape index (κ3) is 3.70. The van der Waals surface area contributed by atoms with Gasteiger partial charge in [0, 0.05) is 5.41 Å². The molecule has 0 amide bonds. The van der Waals surface area contributed by atoms with Crippen LogP contribution in [0.15, 0.2) is 24.0 Å². The molecule has 40 heavy (non-hydrogen) atoms. The maximum Gasteiger partial charge on any atom is 0.534 e. The molecule has 5 aliphatic rings. The van der Waals surface area contributed by atoms with E-state index in [4.69, 9.17) is 4.18 Å². The summed E-state index contributed by atoms with van der Waals surface area (Å²) in [6, 6.07) is 0. The number of rotatable bonds is 4. The number of carboxylic acid groups (broad SMARTS) is 1. The molecule has 9 heteroatoms. The molecule has 5 aliphatic carbocycles. The van der Waals surface area contributed by atoms with E-state index in [2.05, 4.69) is 27.4 Å². The number of carboxylic acids is 1. The zero-order chi connectivity index (χ0) is 29.9. The molecule has 0 aromatic rings. The molecule has 0 aromatic carbocycles. The fraction of sp³-hybridized carbons (Fsp3) is 0.839. The quantitative estimate of drug-likeness (QED) is 0.205. The van der Waals surface area contributed by atoms with Gasteiger partial charge in [0.2, 0.25) is 0 Å². The topological polar surface area (TPSA) is 80.7 Å². The number of fused-ring (bicyclic) bond motifs is 7. The molecule has 0 spiro atoms. The zero-order valence-electron chi connectivity index (χ0n) is 24.7. The normalized spacial score (nSPS) is 46.2. The van der Waals surface area contributed by atoms with Gasteiger partial charge in [0.1, 0.15) is 5.76 Å². The average Bonchev–Trinajstić information content (AvgIpc) is 3.22. The minimum absolute atomic E-state index is 0.0435.